The molecule has 4 rings (SSSR count). The molecule has 1 fully saturated rings. The number of rotatable bonds is 6. The van der Waals surface area contributed by atoms with Gasteiger partial charge in [0, 0.05) is 17.8 Å². The monoisotopic (exact) mass is 434 g/mol. The van der Waals surface area contributed by atoms with Gasteiger partial charge in [-0.05, 0) is 69.2 Å². The highest BCUT2D eigenvalue weighted by Crippen LogP contribution is 2.31. The van der Waals surface area contributed by atoms with Gasteiger partial charge in [0.15, 0.2) is 11.5 Å². The van der Waals surface area contributed by atoms with E-state index in [0.29, 0.717) is 29.0 Å². The number of aliphatic hydroxyl groups is 1. The number of aliphatic hydroxyl groups excluding tert-OH is 1. The number of fused-ring (bicyclic) bond motifs is 1. The lowest BCUT2D eigenvalue weighted by molar-refractivity contribution is -0.274. The van der Waals surface area contributed by atoms with Crippen molar-refractivity contribution in [1.82, 2.24) is 14.6 Å². The van der Waals surface area contributed by atoms with Gasteiger partial charge < -0.3 is 15.2 Å². The standard InChI is InChI=1S/C22H25F3N4O2/c1-14(30)11-15-5-7-17(8-6-15)26-18-9-10-20-27-28-21(29(20)13-18)16-3-2-4-19(12-16)31-22(23,24)25/h2-4,9-10,12-15,17,26,30H,5-8,11H2,1H3/t14?,15-,17-. The van der Waals surface area contributed by atoms with Crippen molar-refractivity contribution in [2.45, 2.75) is 57.5 Å². The molecule has 1 unspecified atom stereocenters. The number of hydrogen-bond acceptors (Lipinski definition) is 5. The van der Waals surface area contributed by atoms with Crippen molar-refractivity contribution in [3.8, 4) is 17.1 Å². The van der Waals surface area contributed by atoms with Gasteiger partial charge in [-0.3, -0.25) is 4.40 Å². The Morgan fingerprint density at radius 3 is 2.65 bits per heavy atom. The number of benzene rings is 1. The minimum atomic E-state index is -4.75. The summed E-state index contributed by atoms with van der Waals surface area (Å²) in [7, 11) is 0. The molecule has 1 aliphatic rings. The summed E-state index contributed by atoms with van der Waals surface area (Å²) < 4.78 is 43.4. The number of nitrogens with zero attached hydrogens (tertiary/aromatic N) is 3. The highest BCUT2D eigenvalue weighted by molar-refractivity contribution is 5.63. The Labute approximate surface area is 178 Å². The third-order valence-corrected chi connectivity index (χ3v) is 5.62. The molecule has 3 aromatic rings. The molecule has 0 aliphatic heterocycles. The molecule has 1 aromatic carbocycles. The zero-order valence-electron chi connectivity index (χ0n) is 17.1. The molecular weight excluding hydrogens is 409 g/mol. The number of alkyl halides is 3. The third-order valence-electron chi connectivity index (χ3n) is 5.62. The van der Waals surface area contributed by atoms with E-state index >= 15 is 0 Å². The molecule has 0 spiro atoms. The zero-order valence-corrected chi connectivity index (χ0v) is 17.1. The molecule has 166 valence electrons. The smallest absolute Gasteiger partial charge is 0.406 e. The summed E-state index contributed by atoms with van der Waals surface area (Å²) in [5, 5.41) is 21.4. The molecule has 31 heavy (non-hydrogen) atoms. The van der Waals surface area contributed by atoms with Gasteiger partial charge in [-0.15, -0.1) is 23.4 Å². The average Bonchev–Trinajstić information content (AvgIpc) is 3.11. The maximum Gasteiger partial charge on any atom is 0.573 e. The van der Waals surface area contributed by atoms with E-state index in [1.807, 2.05) is 25.3 Å². The number of anilines is 1. The second-order valence-electron chi connectivity index (χ2n) is 8.19. The fourth-order valence-electron chi connectivity index (χ4n) is 4.27. The summed E-state index contributed by atoms with van der Waals surface area (Å²) in [6, 6.07) is 9.81. The number of aromatic nitrogens is 3. The molecule has 2 aromatic heterocycles. The largest absolute Gasteiger partial charge is 0.573 e. The van der Waals surface area contributed by atoms with E-state index in [0.717, 1.165) is 37.8 Å². The van der Waals surface area contributed by atoms with Crippen LogP contribution in [0.25, 0.3) is 17.0 Å². The van der Waals surface area contributed by atoms with E-state index in [4.69, 9.17) is 0 Å². The first-order chi connectivity index (χ1) is 14.8. The lowest BCUT2D eigenvalue weighted by atomic mass is 9.83. The molecule has 1 aliphatic carbocycles. The van der Waals surface area contributed by atoms with E-state index < -0.39 is 6.36 Å². The normalized spacial score (nSPS) is 20.5. The minimum absolute atomic E-state index is 0.260. The lowest BCUT2D eigenvalue weighted by Crippen LogP contribution is -2.27. The maximum atomic E-state index is 12.6. The van der Waals surface area contributed by atoms with Crippen LogP contribution in [-0.4, -0.2) is 38.2 Å². The molecule has 2 N–H and O–H groups in total. The number of hydrogen-bond donors (Lipinski definition) is 2. The Morgan fingerprint density at radius 1 is 1.16 bits per heavy atom. The van der Waals surface area contributed by atoms with E-state index in [9.17, 15) is 18.3 Å². The van der Waals surface area contributed by atoms with Crippen LogP contribution < -0.4 is 10.1 Å². The predicted octanol–water partition coefficient (Wildman–Crippen LogP) is 5.04. The topological polar surface area (TPSA) is 71.7 Å². The van der Waals surface area contributed by atoms with E-state index in [1.54, 1.807) is 10.5 Å². The Balaban J connectivity index is 1.50. The molecule has 6 nitrogen and oxygen atoms in total. The quantitative estimate of drug-likeness (QED) is 0.569. The van der Waals surface area contributed by atoms with E-state index in [-0.39, 0.29) is 11.9 Å². The molecule has 1 saturated carbocycles. The van der Waals surface area contributed by atoms with Gasteiger partial charge >= 0.3 is 6.36 Å². The molecule has 0 radical (unpaired) electrons. The van der Waals surface area contributed by atoms with Crippen LogP contribution in [0.1, 0.15) is 39.0 Å². The Hall–Kier alpha value is -2.81. The Morgan fingerprint density at radius 2 is 1.94 bits per heavy atom. The molecular formula is C22H25F3N4O2. The highest BCUT2D eigenvalue weighted by atomic mass is 19.4. The molecule has 9 heteroatoms. The van der Waals surface area contributed by atoms with Crippen LogP contribution in [0, 0.1) is 5.92 Å². The van der Waals surface area contributed by atoms with Crippen molar-refractivity contribution in [1.29, 1.82) is 0 Å². The molecule has 0 bridgehead atoms. The summed E-state index contributed by atoms with van der Waals surface area (Å²) in [6.45, 7) is 1.83. The number of nitrogens with one attached hydrogen (secondary N) is 1. The average molecular weight is 434 g/mol. The molecule has 0 amide bonds. The van der Waals surface area contributed by atoms with E-state index in [1.165, 1.54) is 18.2 Å². The van der Waals surface area contributed by atoms with E-state index in [2.05, 4.69) is 20.3 Å². The second-order valence-corrected chi connectivity index (χ2v) is 8.19. The lowest BCUT2D eigenvalue weighted by Gasteiger charge is -2.30. The van der Waals surface area contributed by atoms with Crippen molar-refractivity contribution in [3.05, 3.63) is 42.6 Å². The first kappa shape index (κ1) is 21.4. The van der Waals surface area contributed by atoms with Gasteiger partial charge in [-0.25, -0.2) is 0 Å². The van der Waals surface area contributed by atoms with Crippen molar-refractivity contribution in [2.75, 3.05) is 5.32 Å². The van der Waals surface area contributed by atoms with Crippen LogP contribution in [0.2, 0.25) is 0 Å². The Bertz CT molecular complexity index is 1030. The van der Waals surface area contributed by atoms with Gasteiger partial charge in [-0.1, -0.05) is 12.1 Å². The number of pyridine rings is 1. The highest BCUT2D eigenvalue weighted by Gasteiger charge is 2.31. The van der Waals surface area contributed by atoms with Crippen LogP contribution in [0.4, 0.5) is 18.9 Å². The van der Waals surface area contributed by atoms with Crippen molar-refractivity contribution in [2.24, 2.45) is 5.92 Å². The molecule has 2 heterocycles. The fraction of sp³-hybridized carbons (Fsp3) is 0.455. The SMILES string of the molecule is CC(O)C[C@H]1CC[C@H](Nc2ccc3nnc(-c4cccc(OC(F)(F)F)c4)n3c2)CC1. The summed E-state index contributed by atoms with van der Waals surface area (Å²) in [4.78, 5) is 0. The number of halogens is 3. The fourth-order valence-corrected chi connectivity index (χ4v) is 4.27. The van der Waals surface area contributed by atoms with Crippen LogP contribution >= 0.6 is 0 Å². The van der Waals surface area contributed by atoms with Crippen molar-refractivity contribution in [3.63, 3.8) is 0 Å². The summed E-state index contributed by atoms with van der Waals surface area (Å²) in [6.07, 6.45) is 1.91. The molecule has 1 atom stereocenters. The van der Waals surface area contributed by atoms with Crippen molar-refractivity contribution < 1.29 is 23.0 Å². The first-order valence-electron chi connectivity index (χ1n) is 10.4. The minimum Gasteiger partial charge on any atom is -0.406 e. The number of ether oxygens (including phenoxy) is 1. The van der Waals surface area contributed by atoms with Crippen LogP contribution in [0.3, 0.4) is 0 Å². The van der Waals surface area contributed by atoms with Crippen LogP contribution in [0.5, 0.6) is 5.75 Å². The van der Waals surface area contributed by atoms with Crippen LogP contribution in [0.15, 0.2) is 42.6 Å². The van der Waals surface area contributed by atoms with Crippen LogP contribution in [-0.2, 0) is 0 Å². The summed E-state index contributed by atoms with van der Waals surface area (Å²) in [5.41, 5.74) is 1.98. The second kappa shape index (κ2) is 8.74. The Kier molecular flexibility index (Phi) is 6.04. The summed E-state index contributed by atoms with van der Waals surface area (Å²) >= 11 is 0. The van der Waals surface area contributed by atoms with Gasteiger partial charge in [0.05, 0.1) is 11.8 Å². The first-order valence-corrected chi connectivity index (χ1v) is 10.4. The molecule has 0 saturated heterocycles. The third kappa shape index (κ3) is 5.46. The maximum absolute atomic E-state index is 12.6. The van der Waals surface area contributed by atoms with Gasteiger partial charge in [-0.2, -0.15) is 0 Å². The van der Waals surface area contributed by atoms with Gasteiger partial charge in [0.1, 0.15) is 5.75 Å². The van der Waals surface area contributed by atoms with Gasteiger partial charge in [0.2, 0.25) is 0 Å². The zero-order chi connectivity index (χ0) is 22.0. The van der Waals surface area contributed by atoms with Gasteiger partial charge in [0.25, 0.3) is 0 Å². The summed E-state index contributed by atoms with van der Waals surface area (Å²) in [5.74, 6) is 0.702. The predicted molar refractivity (Wildman–Crippen MR) is 111 cm³/mol. The van der Waals surface area contributed by atoms with Crippen molar-refractivity contribution >= 4 is 11.3 Å².